The first-order valence-electron chi connectivity index (χ1n) is 9.61. The van der Waals surface area contributed by atoms with E-state index in [-0.39, 0.29) is 17.3 Å². The molecule has 2 aromatic carbocycles. The molecule has 0 aliphatic carbocycles. The Bertz CT molecular complexity index is 1190. The summed E-state index contributed by atoms with van der Waals surface area (Å²) in [6.45, 7) is 1.72. The molecule has 2 unspecified atom stereocenters. The maximum atomic E-state index is 12.9. The molecule has 7 nitrogen and oxygen atoms in total. The molecule has 3 aromatic rings. The van der Waals surface area contributed by atoms with Crippen LogP contribution in [-0.2, 0) is 21.9 Å². The minimum Gasteiger partial charge on any atom is -0.347 e. The number of amides is 1. The Hall–Kier alpha value is -2.04. The number of hydrogen-bond acceptors (Lipinski definition) is 5. The van der Waals surface area contributed by atoms with E-state index in [1.165, 1.54) is 28.8 Å². The van der Waals surface area contributed by atoms with Crippen molar-refractivity contribution in [2.45, 2.75) is 28.0 Å². The number of thioether (sulfide) groups is 1. The van der Waals surface area contributed by atoms with Crippen LogP contribution < -0.4 is 10.0 Å². The molecular formula is C21H22Cl2N4O3S2. The number of nitrogens with zero attached hydrogens (tertiary/aromatic N) is 2. The lowest BCUT2D eigenvalue weighted by Gasteiger charge is -2.22. The van der Waals surface area contributed by atoms with Crippen LogP contribution in [0.15, 0.2) is 70.7 Å². The number of aryl methyl sites for hydroxylation is 1. The van der Waals surface area contributed by atoms with Gasteiger partial charge < -0.3 is 5.32 Å². The fourth-order valence-electron chi connectivity index (χ4n) is 2.85. The molecule has 0 aliphatic heterocycles. The Kier molecular flexibility index (Phi) is 8.24. The van der Waals surface area contributed by atoms with E-state index in [0.717, 1.165) is 5.56 Å². The number of sulfonamides is 1. The van der Waals surface area contributed by atoms with Crippen molar-refractivity contribution in [1.29, 1.82) is 0 Å². The number of rotatable bonds is 9. The molecule has 3 rings (SSSR count). The van der Waals surface area contributed by atoms with Crippen LogP contribution in [0.3, 0.4) is 0 Å². The lowest BCUT2D eigenvalue weighted by atomic mass is 10.1. The summed E-state index contributed by atoms with van der Waals surface area (Å²) in [6, 6.07) is 13.6. The van der Waals surface area contributed by atoms with Crippen LogP contribution in [0.25, 0.3) is 0 Å². The van der Waals surface area contributed by atoms with Gasteiger partial charge in [-0.25, -0.2) is 13.1 Å². The number of aromatic nitrogens is 2. The SMILES string of the molecule is CC(Sc1cc(Cl)ccc1Cl)C(=O)NC(CNS(=O)(=O)c1cnn(C)c1)c1ccccc1. The minimum absolute atomic E-state index is 0.0255. The molecule has 2 atom stereocenters. The van der Waals surface area contributed by atoms with Crippen LogP contribution in [-0.4, -0.2) is 35.9 Å². The van der Waals surface area contributed by atoms with Gasteiger partial charge in [-0.1, -0.05) is 53.5 Å². The van der Waals surface area contributed by atoms with Crippen molar-refractivity contribution >= 4 is 50.9 Å². The largest absolute Gasteiger partial charge is 0.347 e. The van der Waals surface area contributed by atoms with Crippen LogP contribution in [0.1, 0.15) is 18.5 Å². The van der Waals surface area contributed by atoms with Crippen LogP contribution in [0, 0.1) is 0 Å². The van der Waals surface area contributed by atoms with Crippen molar-refractivity contribution in [2.24, 2.45) is 7.05 Å². The lowest BCUT2D eigenvalue weighted by Crippen LogP contribution is -2.40. The average Bonchev–Trinajstić information content (AvgIpc) is 3.21. The number of carbonyl (C=O) groups excluding carboxylic acids is 1. The highest BCUT2D eigenvalue weighted by Gasteiger charge is 2.23. The Morgan fingerprint density at radius 2 is 1.91 bits per heavy atom. The smallest absolute Gasteiger partial charge is 0.243 e. The normalized spacial score (nSPS) is 13.5. The molecule has 11 heteroatoms. The highest BCUT2D eigenvalue weighted by Crippen LogP contribution is 2.33. The molecule has 0 saturated carbocycles. The van der Waals surface area contributed by atoms with Gasteiger partial charge in [-0.15, -0.1) is 11.8 Å². The van der Waals surface area contributed by atoms with Gasteiger partial charge in [0.2, 0.25) is 15.9 Å². The Labute approximate surface area is 201 Å². The van der Waals surface area contributed by atoms with Crippen molar-refractivity contribution in [3.8, 4) is 0 Å². The third kappa shape index (κ3) is 6.49. The molecule has 0 saturated heterocycles. The number of nitrogens with one attached hydrogen (secondary N) is 2. The summed E-state index contributed by atoms with van der Waals surface area (Å²) in [5.74, 6) is -0.263. The van der Waals surface area contributed by atoms with Crippen LogP contribution >= 0.6 is 35.0 Å². The maximum Gasteiger partial charge on any atom is 0.243 e. The zero-order chi connectivity index (χ0) is 23.3. The summed E-state index contributed by atoms with van der Waals surface area (Å²) in [4.78, 5) is 13.7. The average molecular weight is 513 g/mol. The molecular weight excluding hydrogens is 491 g/mol. The first-order valence-corrected chi connectivity index (χ1v) is 12.7. The van der Waals surface area contributed by atoms with E-state index in [2.05, 4.69) is 15.1 Å². The Morgan fingerprint density at radius 3 is 2.56 bits per heavy atom. The minimum atomic E-state index is -3.78. The molecule has 1 amide bonds. The van der Waals surface area contributed by atoms with Crippen molar-refractivity contribution in [1.82, 2.24) is 19.8 Å². The van der Waals surface area contributed by atoms with Gasteiger partial charge in [-0.05, 0) is 30.7 Å². The topological polar surface area (TPSA) is 93.1 Å². The number of carbonyl (C=O) groups is 1. The predicted molar refractivity (Wildman–Crippen MR) is 128 cm³/mol. The molecule has 2 N–H and O–H groups in total. The zero-order valence-corrected chi connectivity index (χ0v) is 20.5. The van der Waals surface area contributed by atoms with E-state index < -0.39 is 21.3 Å². The number of hydrogen-bond donors (Lipinski definition) is 2. The summed E-state index contributed by atoms with van der Waals surface area (Å²) in [5.41, 5.74) is 0.771. The molecule has 0 aliphatic rings. The third-order valence-electron chi connectivity index (χ3n) is 4.55. The van der Waals surface area contributed by atoms with Gasteiger partial charge in [0, 0.05) is 29.7 Å². The van der Waals surface area contributed by atoms with Crippen molar-refractivity contribution in [2.75, 3.05) is 6.54 Å². The van der Waals surface area contributed by atoms with Gasteiger partial charge in [-0.2, -0.15) is 5.10 Å². The Morgan fingerprint density at radius 1 is 1.19 bits per heavy atom. The summed E-state index contributed by atoms with van der Waals surface area (Å²) < 4.78 is 29.2. The van der Waals surface area contributed by atoms with E-state index >= 15 is 0 Å². The second-order valence-corrected chi connectivity index (χ2v) is 11.0. The summed E-state index contributed by atoms with van der Waals surface area (Å²) in [7, 11) is -2.14. The molecule has 0 radical (unpaired) electrons. The summed E-state index contributed by atoms with van der Waals surface area (Å²) >= 11 is 13.5. The molecule has 170 valence electrons. The van der Waals surface area contributed by atoms with Crippen LogP contribution in [0.2, 0.25) is 10.0 Å². The van der Waals surface area contributed by atoms with E-state index in [9.17, 15) is 13.2 Å². The lowest BCUT2D eigenvalue weighted by molar-refractivity contribution is -0.121. The summed E-state index contributed by atoms with van der Waals surface area (Å²) in [6.07, 6.45) is 2.68. The van der Waals surface area contributed by atoms with Crippen LogP contribution in [0.5, 0.6) is 0 Å². The van der Waals surface area contributed by atoms with E-state index in [1.54, 1.807) is 32.2 Å². The molecule has 1 aromatic heterocycles. The molecule has 32 heavy (non-hydrogen) atoms. The first kappa shape index (κ1) is 24.6. The van der Waals surface area contributed by atoms with E-state index in [1.807, 2.05) is 30.3 Å². The second kappa shape index (κ2) is 10.7. The van der Waals surface area contributed by atoms with Gasteiger partial charge in [0.15, 0.2) is 0 Å². The second-order valence-electron chi connectivity index (χ2n) is 7.01. The highest BCUT2D eigenvalue weighted by molar-refractivity contribution is 8.00. The monoisotopic (exact) mass is 512 g/mol. The maximum absolute atomic E-state index is 12.9. The Balaban J connectivity index is 1.73. The molecule has 0 fully saturated rings. The van der Waals surface area contributed by atoms with Crippen molar-refractivity contribution in [3.05, 3.63) is 76.5 Å². The fraction of sp³-hybridized carbons (Fsp3) is 0.238. The van der Waals surface area contributed by atoms with Crippen molar-refractivity contribution < 1.29 is 13.2 Å². The van der Waals surface area contributed by atoms with Crippen LogP contribution in [0.4, 0.5) is 0 Å². The highest BCUT2D eigenvalue weighted by atomic mass is 35.5. The molecule has 1 heterocycles. The summed E-state index contributed by atoms with van der Waals surface area (Å²) in [5, 5.41) is 7.36. The van der Waals surface area contributed by atoms with E-state index in [0.29, 0.717) is 14.9 Å². The van der Waals surface area contributed by atoms with Gasteiger partial charge in [-0.3, -0.25) is 9.48 Å². The third-order valence-corrected chi connectivity index (χ3v) is 7.77. The standard InChI is InChI=1S/C21H22Cl2N4O3S2/c1-14(31-20-10-16(22)8-9-18(20)23)21(28)26-19(15-6-4-3-5-7-15)12-25-32(29,30)17-11-24-27(2)13-17/h3-11,13-14,19,25H,12H2,1-2H3,(H,26,28). The molecule has 0 bridgehead atoms. The predicted octanol–water partition coefficient (Wildman–Crippen LogP) is 4.04. The zero-order valence-electron chi connectivity index (χ0n) is 17.3. The first-order chi connectivity index (χ1) is 15.2. The van der Waals surface area contributed by atoms with Gasteiger partial charge >= 0.3 is 0 Å². The molecule has 0 spiro atoms. The van der Waals surface area contributed by atoms with Gasteiger partial charge in [0.25, 0.3) is 0 Å². The van der Waals surface area contributed by atoms with Gasteiger partial charge in [0.1, 0.15) is 4.90 Å². The number of halogens is 2. The van der Waals surface area contributed by atoms with E-state index in [4.69, 9.17) is 23.2 Å². The quantitative estimate of drug-likeness (QED) is 0.422. The van der Waals surface area contributed by atoms with Gasteiger partial charge in [0.05, 0.1) is 22.5 Å². The fourth-order valence-corrected chi connectivity index (χ4v) is 5.30. The number of benzene rings is 2. The van der Waals surface area contributed by atoms with Crippen molar-refractivity contribution in [3.63, 3.8) is 0 Å².